The topological polar surface area (TPSA) is 87.0 Å². The van der Waals surface area contributed by atoms with Crippen LogP contribution in [0.15, 0.2) is 0 Å². The van der Waals surface area contributed by atoms with Gasteiger partial charge in [-0.2, -0.15) is 0 Å². The molecule has 1 unspecified atom stereocenters. The zero-order valence-corrected chi connectivity index (χ0v) is 6.67. The summed E-state index contributed by atoms with van der Waals surface area (Å²) in [7, 11) is 0. The van der Waals surface area contributed by atoms with Gasteiger partial charge in [0.2, 0.25) is 0 Å². The van der Waals surface area contributed by atoms with Crippen molar-refractivity contribution in [2.45, 2.75) is 30.8 Å². The minimum atomic E-state index is -1.86. The number of hydrogen-bond donors (Lipinski definition) is 3. The Morgan fingerprint density at radius 1 is 1.75 bits per heavy atom. The number of aldehydes is 1. The molecule has 4 atom stereocenters. The first-order chi connectivity index (χ1) is 5.51. The fourth-order valence-electron chi connectivity index (χ4n) is 1.20. The van der Waals surface area contributed by atoms with Crippen LogP contribution in [0.5, 0.6) is 0 Å². The highest BCUT2D eigenvalue weighted by atomic mass is 16.5. The van der Waals surface area contributed by atoms with E-state index in [-0.39, 0.29) is 12.9 Å². The molecule has 0 aromatic rings. The Hall–Kier alpha value is -0.490. The molecule has 1 heterocycles. The highest BCUT2D eigenvalue weighted by Crippen LogP contribution is 2.24. The zero-order valence-electron chi connectivity index (χ0n) is 6.67. The highest BCUT2D eigenvalue weighted by Gasteiger charge is 2.49. The third kappa shape index (κ3) is 1.36. The van der Waals surface area contributed by atoms with Gasteiger partial charge in [-0.15, -0.1) is 0 Å². The molecule has 0 spiro atoms. The summed E-state index contributed by atoms with van der Waals surface area (Å²) >= 11 is 0. The molecule has 0 saturated carbocycles. The Morgan fingerprint density at radius 2 is 2.33 bits per heavy atom. The van der Waals surface area contributed by atoms with E-state index in [1.54, 1.807) is 0 Å². The Labute approximate surface area is 69.6 Å². The molecule has 0 aromatic heterocycles. The number of rotatable bonds is 2. The molecule has 1 aliphatic heterocycles. The van der Waals surface area contributed by atoms with Gasteiger partial charge in [-0.25, -0.2) is 0 Å². The predicted molar refractivity (Wildman–Crippen MR) is 38.4 cm³/mol. The minimum Gasteiger partial charge on any atom is -0.391 e. The molecule has 1 aliphatic rings. The second kappa shape index (κ2) is 3.10. The Balaban J connectivity index is 2.73. The minimum absolute atomic E-state index is 0.236. The summed E-state index contributed by atoms with van der Waals surface area (Å²) in [6.45, 7) is 1.15. The molecule has 1 saturated heterocycles. The summed E-state index contributed by atoms with van der Waals surface area (Å²) in [4.78, 5) is 10.3. The van der Waals surface area contributed by atoms with Crippen molar-refractivity contribution in [1.82, 2.24) is 0 Å². The molecule has 3 N–H and O–H groups in total. The SMILES string of the molecule is CC(O)[C@H]1OC[C@@](O)(C=O)[C@@H]1O. The summed E-state index contributed by atoms with van der Waals surface area (Å²) in [6, 6.07) is 0. The van der Waals surface area contributed by atoms with E-state index in [4.69, 9.17) is 9.84 Å². The summed E-state index contributed by atoms with van der Waals surface area (Å²) in [5, 5.41) is 27.7. The third-order valence-electron chi connectivity index (χ3n) is 2.01. The fourth-order valence-corrected chi connectivity index (χ4v) is 1.20. The first-order valence-corrected chi connectivity index (χ1v) is 3.68. The molecule has 12 heavy (non-hydrogen) atoms. The number of carbonyl (C=O) groups excluding carboxylic acids is 1. The second-order valence-corrected chi connectivity index (χ2v) is 3.07. The number of hydrogen-bond acceptors (Lipinski definition) is 5. The van der Waals surface area contributed by atoms with Crippen LogP contribution in [0.25, 0.3) is 0 Å². The van der Waals surface area contributed by atoms with Gasteiger partial charge in [0.1, 0.15) is 12.2 Å². The summed E-state index contributed by atoms with van der Waals surface area (Å²) in [5.41, 5.74) is -1.86. The van der Waals surface area contributed by atoms with Gasteiger partial charge in [0.25, 0.3) is 0 Å². The lowest BCUT2D eigenvalue weighted by molar-refractivity contribution is -0.132. The lowest BCUT2D eigenvalue weighted by Gasteiger charge is -2.21. The fraction of sp³-hybridized carbons (Fsp3) is 0.857. The van der Waals surface area contributed by atoms with Gasteiger partial charge in [-0.1, -0.05) is 0 Å². The molecule has 0 radical (unpaired) electrons. The van der Waals surface area contributed by atoms with E-state index < -0.39 is 23.9 Å². The van der Waals surface area contributed by atoms with Crippen molar-refractivity contribution in [3.05, 3.63) is 0 Å². The highest BCUT2D eigenvalue weighted by molar-refractivity contribution is 5.64. The van der Waals surface area contributed by atoms with Crippen molar-refractivity contribution in [1.29, 1.82) is 0 Å². The van der Waals surface area contributed by atoms with Crippen LogP contribution in [0, 0.1) is 0 Å². The van der Waals surface area contributed by atoms with Crippen LogP contribution < -0.4 is 0 Å². The lowest BCUT2D eigenvalue weighted by atomic mass is 9.96. The van der Waals surface area contributed by atoms with Crippen LogP contribution in [0.1, 0.15) is 6.92 Å². The molecular weight excluding hydrogens is 164 g/mol. The molecule has 70 valence electrons. The molecular formula is C7H12O5. The van der Waals surface area contributed by atoms with Crippen LogP contribution in [0.2, 0.25) is 0 Å². The van der Waals surface area contributed by atoms with E-state index in [1.165, 1.54) is 6.92 Å². The largest absolute Gasteiger partial charge is 0.391 e. The van der Waals surface area contributed by atoms with Crippen molar-refractivity contribution in [3.63, 3.8) is 0 Å². The maximum Gasteiger partial charge on any atom is 0.171 e. The van der Waals surface area contributed by atoms with Crippen molar-refractivity contribution in [2.24, 2.45) is 0 Å². The van der Waals surface area contributed by atoms with Crippen LogP contribution in [-0.4, -0.2) is 52.1 Å². The molecule has 0 aliphatic carbocycles. The van der Waals surface area contributed by atoms with Crippen LogP contribution >= 0.6 is 0 Å². The summed E-state index contributed by atoms with van der Waals surface area (Å²) in [6.07, 6.45) is -2.91. The van der Waals surface area contributed by atoms with Crippen molar-refractivity contribution in [3.8, 4) is 0 Å². The van der Waals surface area contributed by atoms with E-state index >= 15 is 0 Å². The Bertz CT molecular complexity index is 181. The third-order valence-corrected chi connectivity index (χ3v) is 2.01. The summed E-state index contributed by atoms with van der Waals surface area (Å²) in [5.74, 6) is 0. The average molecular weight is 176 g/mol. The standard InChI is InChI=1S/C7H12O5/c1-4(9)5-6(10)7(11,2-8)3-12-5/h2,4-6,9-11H,3H2,1H3/t4?,5-,6-,7+/m1/s1. The maximum atomic E-state index is 10.3. The van der Waals surface area contributed by atoms with E-state index in [1.807, 2.05) is 0 Å². The zero-order chi connectivity index (χ0) is 9.35. The van der Waals surface area contributed by atoms with Gasteiger partial charge in [-0.3, -0.25) is 4.79 Å². The van der Waals surface area contributed by atoms with Crippen molar-refractivity contribution >= 4 is 6.29 Å². The van der Waals surface area contributed by atoms with Gasteiger partial charge >= 0.3 is 0 Å². The second-order valence-electron chi connectivity index (χ2n) is 3.07. The first-order valence-electron chi connectivity index (χ1n) is 3.68. The van der Waals surface area contributed by atoms with Gasteiger partial charge < -0.3 is 20.1 Å². The molecule has 5 nitrogen and oxygen atoms in total. The number of aliphatic hydroxyl groups is 3. The Morgan fingerprint density at radius 3 is 2.58 bits per heavy atom. The van der Waals surface area contributed by atoms with Gasteiger partial charge in [0.15, 0.2) is 11.9 Å². The van der Waals surface area contributed by atoms with Crippen molar-refractivity contribution < 1.29 is 24.9 Å². The molecule has 5 heteroatoms. The maximum absolute atomic E-state index is 10.3. The van der Waals surface area contributed by atoms with Crippen LogP contribution in [0.3, 0.4) is 0 Å². The van der Waals surface area contributed by atoms with Crippen LogP contribution in [0.4, 0.5) is 0 Å². The van der Waals surface area contributed by atoms with E-state index in [0.29, 0.717) is 0 Å². The van der Waals surface area contributed by atoms with Gasteiger partial charge in [0, 0.05) is 0 Å². The molecule has 0 amide bonds. The average Bonchev–Trinajstić information content (AvgIpc) is 2.30. The van der Waals surface area contributed by atoms with Gasteiger partial charge in [-0.05, 0) is 6.92 Å². The lowest BCUT2D eigenvalue weighted by Crippen LogP contribution is -2.47. The molecule has 1 fully saturated rings. The predicted octanol–water partition coefficient (Wildman–Crippen LogP) is -1.94. The Kier molecular flexibility index (Phi) is 2.48. The van der Waals surface area contributed by atoms with Gasteiger partial charge in [0.05, 0.1) is 12.7 Å². The monoisotopic (exact) mass is 176 g/mol. The molecule has 0 bridgehead atoms. The number of carbonyl (C=O) groups is 1. The van der Waals surface area contributed by atoms with E-state index in [0.717, 1.165) is 0 Å². The first kappa shape index (κ1) is 9.60. The van der Waals surface area contributed by atoms with E-state index in [9.17, 15) is 15.0 Å². The van der Waals surface area contributed by atoms with Crippen LogP contribution in [-0.2, 0) is 9.53 Å². The van der Waals surface area contributed by atoms with E-state index in [2.05, 4.69) is 0 Å². The number of aliphatic hydroxyl groups excluding tert-OH is 2. The summed E-state index contributed by atoms with van der Waals surface area (Å²) < 4.78 is 4.85. The van der Waals surface area contributed by atoms with Crippen molar-refractivity contribution in [2.75, 3.05) is 6.61 Å². The molecule has 0 aromatic carbocycles. The quantitative estimate of drug-likeness (QED) is 0.426. The smallest absolute Gasteiger partial charge is 0.171 e. The molecule has 1 rings (SSSR count). The number of ether oxygens (including phenoxy) is 1. The normalized spacial score (nSPS) is 44.3.